The van der Waals surface area contributed by atoms with Crippen molar-refractivity contribution in [2.45, 2.75) is 33.1 Å². The van der Waals surface area contributed by atoms with Gasteiger partial charge in [0.25, 0.3) is 0 Å². The van der Waals surface area contributed by atoms with E-state index >= 15 is 0 Å². The fraction of sp³-hybridized carbons (Fsp3) is 0.923. The van der Waals surface area contributed by atoms with Crippen molar-refractivity contribution in [3.63, 3.8) is 0 Å². The summed E-state index contributed by atoms with van der Waals surface area (Å²) in [7, 11) is 0. The molecule has 0 aromatic carbocycles. The number of rotatable bonds is 7. The van der Waals surface area contributed by atoms with Crippen LogP contribution in [0.15, 0.2) is 0 Å². The SMILES string of the molecule is CC(C)COCCOC(=O)C1CCCC1CN. The van der Waals surface area contributed by atoms with E-state index in [1.165, 1.54) is 0 Å². The summed E-state index contributed by atoms with van der Waals surface area (Å²) in [6, 6.07) is 0. The van der Waals surface area contributed by atoms with Crippen molar-refractivity contribution < 1.29 is 14.3 Å². The minimum atomic E-state index is -0.0916. The molecule has 100 valence electrons. The lowest BCUT2D eigenvalue weighted by molar-refractivity contribution is -0.151. The molecule has 0 heterocycles. The van der Waals surface area contributed by atoms with Crippen LogP contribution in [0.1, 0.15) is 33.1 Å². The largest absolute Gasteiger partial charge is 0.463 e. The summed E-state index contributed by atoms with van der Waals surface area (Å²) in [6.45, 7) is 6.34. The van der Waals surface area contributed by atoms with Gasteiger partial charge in [0.1, 0.15) is 6.61 Å². The van der Waals surface area contributed by atoms with Crippen LogP contribution in [0.3, 0.4) is 0 Å². The molecular formula is C13H25NO3. The summed E-state index contributed by atoms with van der Waals surface area (Å²) >= 11 is 0. The number of esters is 1. The maximum absolute atomic E-state index is 11.8. The van der Waals surface area contributed by atoms with Crippen LogP contribution in [0.4, 0.5) is 0 Å². The van der Waals surface area contributed by atoms with Crippen molar-refractivity contribution in [2.24, 2.45) is 23.5 Å². The predicted octanol–water partition coefficient (Wildman–Crippen LogP) is 1.58. The van der Waals surface area contributed by atoms with E-state index in [0.717, 1.165) is 19.3 Å². The highest BCUT2D eigenvalue weighted by molar-refractivity contribution is 5.73. The number of hydrogen-bond donors (Lipinski definition) is 1. The van der Waals surface area contributed by atoms with Gasteiger partial charge in [-0.2, -0.15) is 0 Å². The number of ether oxygens (including phenoxy) is 2. The highest BCUT2D eigenvalue weighted by atomic mass is 16.6. The first-order valence-corrected chi connectivity index (χ1v) is 6.59. The van der Waals surface area contributed by atoms with Gasteiger partial charge in [0.05, 0.1) is 12.5 Å². The Hall–Kier alpha value is -0.610. The van der Waals surface area contributed by atoms with Crippen molar-refractivity contribution in [1.82, 2.24) is 0 Å². The lowest BCUT2D eigenvalue weighted by atomic mass is 9.96. The molecule has 2 atom stereocenters. The molecule has 0 bridgehead atoms. The molecule has 4 nitrogen and oxygen atoms in total. The first kappa shape index (κ1) is 14.5. The lowest BCUT2D eigenvalue weighted by Crippen LogP contribution is -2.27. The Bertz CT molecular complexity index is 231. The van der Waals surface area contributed by atoms with E-state index in [1.807, 2.05) is 0 Å². The average molecular weight is 243 g/mol. The first-order chi connectivity index (χ1) is 8.15. The number of hydrogen-bond acceptors (Lipinski definition) is 4. The summed E-state index contributed by atoms with van der Waals surface area (Å²) in [5.74, 6) is 0.762. The van der Waals surface area contributed by atoms with Crippen LogP contribution in [-0.4, -0.2) is 32.3 Å². The van der Waals surface area contributed by atoms with Crippen molar-refractivity contribution in [2.75, 3.05) is 26.4 Å². The highest BCUT2D eigenvalue weighted by Gasteiger charge is 2.32. The molecule has 0 spiro atoms. The van der Waals surface area contributed by atoms with Crippen LogP contribution >= 0.6 is 0 Å². The molecule has 1 saturated carbocycles. The number of nitrogens with two attached hydrogens (primary N) is 1. The quantitative estimate of drug-likeness (QED) is 0.544. The number of carbonyl (C=O) groups is 1. The second-order valence-electron chi connectivity index (χ2n) is 5.17. The number of carbonyl (C=O) groups excluding carboxylic acids is 1. The average Bonchev–Trinajstić information content (AvgIpc) is 2.75. The van der Waals surface area contributed by atoms with Crippen LogP contribution in [0.25, 0.3) is 0 Å². The molecule has 17 heavy (non-hydrogen) atoms. The molecule has 0 radical (unpaired) electrons. The fourth-order valence-electron chi connectivity index (χ4n) is 2.26. The topological polar surface area (TPSA) is 61.5 Å². The van der Waals surface area contributed by atoms with Crippen LogP contribution < -0.4 is 5.73 Å². The van der Waals surface area contributed by atoms with Crippen molar-refractivity contribution >= 4 is 5.97 Å². The highest BCUT2D eigenvalue weighted by Crippen LogP contribution is 2.31. The summed E-state index contributed by atoms with van der Waals surface area (Å²) in [5, 5.41) is 0. The van der Waals surface area contributed by atoms with Gasteiger partial charge in [-0.1, -0.05) is 20.3 Å². The Balaban J connectivity index is 2.12. The molecule has 1 fully saturated rings. The summed E-state index contributed by atoms with van der Waals surface area (Å²) in [6.07, 6.45) is 3.07. The van der Waals surface area contributed by atoms with E-state index < -0.39 is 0 Å². The molecule has 1 rings (SSSR count). The van der Waals surface area contributed by atoms with Gasteiger partial charge < -0.3 is 15.2 Å². The molecule has 4 heteroatoms. The third-order valence-electron chi connectivity index (χ3n) is 3.19. The van der Waals surface area contributed by atoms with E-state index in [9.17, 15) is 4.79 Å². The van der Waals surface area contributed by atoms with Gasteiger partial charge in [0, 0.05) is 6.61 Å². The lowest BCUT2D eigenvalue weighted by Gasteiger charge is -2.16. The van der Waals surface area contributed by atoms with Gasteiger partial charge in [-0.15, -0.1) is 0 Å². The van der Waals surface area contributed by atoms with E-state index in [4.69, 9.17) is 15.2 Å². The van der Waals surface area contributed by atoms with Gasteiger partial charge in [-0.05, 0) is 31.2 Å². The van der Waals surface area contributed by atoms with Crippen molar-refractivity contribution in [3.8, 4) is 0 Å². The van der Waals surface area contributed by atoms with Crippen LogP contribution in [-0.2, 0) is 14.3 Å². The molecule has 0 amide bonds. The minimum Gasteiger partial charge on any atom is -0.463 e. The smallest absolute Gasteiger partial charge is 0.309 e. The van der Waals surface area contributed by atoms with Gasteiger partial charge in [-0.25, -0.2) is 0 Å². The zero-order valence-corrected chi connectivity index (χ0v) is 11.0. The third kappa shape index (κ3) is 5.04. The minimum absolute atomic E-state index is 0.0186. The summed E-state index contributed by atoms with van der Waals surface area (Å²) in [5.41, 5.74) is 5.64. The monoisotopic (exact) mass is 243 g/mol. The molecule has 1 aliphatic carbocycles. The van der Waals surface area contributed by atoms with E-state index in [-0.39, 0.29) is 11.9 Å². The maximum Gasteiger partial charge on any atom is 0.309 e. The molecule has 2 unspecified atom stereocenters. The Morgan fingerprint density at radius 3 is 2.76 bits per heavy atom. The normalized spacial score (nSPS) is 24.2. The molecule has 0 aromatic heterocycles. The molecule has 2 N–H and O–H groups in total. The Kier molecular flexibility index (Phi) is 6.52. The Labute approximate surface area is 104 Å². The zero-order valence-electron chi connectivity index (χ0n) is 11.0. The van der Waals surface area contributed by atoms with Crippen LogP contribution in [0, 0.1) is 17.8 Å². The van der Waals surface area contributed by atoms with Gasteiger partial charge in [0.15, 0.2) is 0 Å². The van der Waals surface area contributed by atoms with Crippen LogP contribution in [0.5, 0.6) is 0 Å². The summed E-state index contributed by atoms with van der Waals surface area (Å²) in [4.78, 5) is 11.8. The van der Waals surface area contributed by atoms with Gasteiger partial charge >= 0.3 is 5.97 Å². The van der Waals surface area contributed by atoms with Crippen molar-refractivity contribution in [1.29, 1.82) is 0 Å². The third-order valence-corrected chi connectivity index (χ3v) is 3.19. The second kappa shape index (κ2) is 7.67. The van der Waals surface area contributed by atoms with Gasteiger partial charge in [0.2, 0.25) is 0 Å². The van der Waals surface area contributed by atoms with Gasteiger partial charge in [-0.3, -0.25) is 4.79 Å². The summed E-state index contributed by atoms with van der Waals surface area (Å²) < 4.78 is 10.6. The Morgan fingerprint density at radius 2 is 2.12 bits per heavy atom. The van der Waals surface area contributed by atoms with Crippen molar-refractivity contribution in [3.05, 3.63) is 0 Å². The second-order valence-corrected chi connectivity index (χ2v) is 5.17. The molecule has 0 aliphatic heterocycles. The zero-order chi connectivity index (χ0) is 12.7. The fourth-order valence-corrected chi connectivity index (χ4v) is 2.26. The molecule has 0 aromatic rings. The maximum atomic E-state index is 11.8. The van der Waals surface area contributed by atoms with E-state index in [1.54, 1.807) is 0 Å². The van der Waals surface area contributed by atoms with Crippen LogP contribution in [0.2, 0.25) is 0 Å². The first-order valence-electron chi connectivity index (χ1n) is 6.59. The Morgan fingerprint density at radius 1 is 1.35 bits per heavy atom. The molecule has 0 saturated heterocycles. The predicted molar refractivity (Wildman–Crippen MR) is 66.5 cm³/mol. The van der Waals surface area contributed by atoms with E-state index in [2.05, 4.69) is 13.8 Å². The molecular weight excluding hydrogens is 218 g/mol. The van der Waals surface area contributed by atoms with E-state index in [0.29, 0.717) is 38.2 Å². The standard InChI is InChI=1S/C13H25NO3/c1-10(2)9-16-6-7-17-13(15)12-5-3-4-11(12)8-14/h10-12H,3-9,14H2,1-2H3. The molecule has 1 aliphatic rings.